The SMILES string of the molecule is COC(=O)c1cc(Nc2ccc(Br)cc2Cl)c(F)cc1N. The molecule has 0 aliphatic rings. The van der Waals surface area contributed by atoms with Gasteiger partial charge < -0.3 is 15.8 Å². The molecule has 0 saturated heterocycles. The molecule has 0 heterocycles. The van der Waals surface area contributed by atoms with E-state index in [1.807, 2.05) is 0 Å². The van der Waals surface area contributed by atoms with Crippen molar-refractivity contribution in [2.24, 2.45) is 0 Å². The molecule has 0 amide bonds. The van der Waals surface area contributed by atoms with Crippen LogP contribution in [0.2, 0.25) is 5.02 Å². The van der Waals surface area contributed by atoms with Crippen molar-refractivity contribution in [2.45, 2.75) is 0 Å². The number of nitrogens with two attached hydrogens (primary N) is 1. The Balaban J connectivity index is 2.42. The maximum atomic E-state index is 13.9. The molecule has 21 heavy (non-hydrogen) atoms. The Morgan fingerprint density at radius 2 is 2.05 bits per heavy atom. The molecule has 0 spiro atoms. The average molecular weight is 374 g/mol. The fraction of sp³-hybridized carbons (Fsp3) is 0.0714. The lowest BCUT2D eigenvalue weighted by Gasteiger charge is -2.12. The van der Waals surface area contributed by atoms with Crippen LogP contribution in [0, 0.1) is 5.82 Å². The van der Waals surface area contributed by atoms with Gasteiger partial charge in [-0.2, -0.15) is 0 Å². The van der Waals surface area contributed by atoms with Crippen LogP contribution in [0.1, 0.15) is 10.4 Å². The minimum atomic E-state index is -0.641. The molecule has 110 valence electrons. The molecule has 2 aromatic rings. The van der Waals surface area contributed by atoms with E-state index in [9.17, 15) is 9.18 Å². The van der Waals surface area contributed by atoms with Crippen molar-refractivity contribution in [1.29, 1.82) is 0 Å². The van der Waals surface area contributed by atoms with E-state index in [4.69, 9.17) is 17.3 Å². The first kappa shape index (κ1) is 15.6. The lowest BCUT2D eigenvalue weighted by molar-refractivity contribution is 0.0602. The molecule has 0 unspecified atom stereocenters. The normalized spacial score (nSPS) is 10.3. The number of nitrogen functional groups attached to an aromatic ring is 1. The topological polar surface area (TPSA) is 64.3 Å². The van der Waals surface area contributed by atoms with Gasteiger partial charge in [0, 0.05) is 10.2 Å². The van der Waals surface area contributed by atoms with Crippen LogP contribution < -0.4 is 11.1 Å². The number of benzene rings is 2. The van der Waals surface area contributed by atoms with Crippen molar-refractivity contribution in [3.05, 3.63) is 51.2 Å². The minimum absolute atomic E-state index is 0.00630. The predicted octanol–water partition coefficient (Wildman–Crippen LogP) is 4.35. The smallest absolute Gasteiger partial charge is 0.340 e. The summed E-state index contributed by atoms with van der Waals surface area (Å²) in [4.78, 5) is 11.6. The molecule has 0 radical (unpaired) electrons. The summed E-state index contributed by atoms with van der Waals surface area (Å²) in [5, 5.41) is 3.23. The fourth-order valence-electron chi connectivity index (χ4n) is 1.71. The summed E-state index contributed by atoms with van der Waals surface area (Å²) in [5.41, 5.74) is 6.27. The summed E-state index contributed by atoms with van der Waals surface area (Å²) in [7, 11) is 1.23. The Hall–Kier alpha value is -1.79. The van der Waals surface area contributed by atoms with Crippen molar-refractivity contribution < 1.29 is 13.9 Å². The zero-order valence-electron chi connectivity index (χ0n) is 10.9. The zero-order chi connectivity index (χ0) is 15.6. The fourth-order valence-corrected chi connectivity index (χ4v) is 2.43. The molecule has 0 bridgehead atoms. The van der Waals surface area contributed by atoms with Crippen molar-refractivity contribution in [2.75, 3.05) is 18.2 Å². The van der Waals surface area contributed by atoms with Gasteiger partial charge in [-0.3, -0.25) is 0 Å². The van der Waals surface area contributed by atoms with Gasteiger partial charge in [0.2, 0.25) is 0 Å². The molecular formula is C14H11BrClFN2O2. The summed E-state index contributed by atoms with van der Waals surface area (Å²) < 4.78 is 19.3. The molecule has 0 atom stereocenters. The molecule has 2 aromatic carbocycles. The number of rotatable bonds is 3. The van der Waals surface area contributed by atoms with Crippen molar-refractivity contribution in [3.63, 3.8) is 0 Å². The Labute approximate surface area is 134 Å². The number of nitrogens with one attached hydrogen (secondary N) is 1. The molecule has 0 aromatic heterocycles. The van der Waals surface area contributed by atoms with Gasteiger partial charge in [-0.15, -0.1) is 0 Å². The Morgan fingerprint density at radius 1 is 1.33 bits per heavy atom. The predicted molar refractivity (Wildman–Crippen MR) is 84.6 cm³/mol. The van der Waals surface area contributed by atoms with E-state index in [-0.39, 0.29) is 16.9 Å². The average Bonchev–Trinajstić information content (AvgIpc) is 2.43. The summed E-state index contributed by atoms with van der Waals surface area (Å²) in [6, 6.07) is 7.45. The third kappa shape index (κ3) is 3.46. The first-order chi connectivity index (χ1) is 9.92. The van der Waals surface area contributed by atoms with Gasteiger partial charge in [0.15, 0.2) is 0 Å². The number of methoxy groups -OCH3 is 1. The largest absolute Gasteiger partial charge is 0.465 e. The Kier molecular flexibility index (Phi) is 4.69. The van der Waals surface area contributed by atoms with Crippen molar-refractivity contribution >= 4 is 50.6 Å². The molecular weight excluding hydrogens is 363 g/mol. The highest BCUT2D eigenvalue weighted by Gasteiger charge is 2.15. The Morgan fingerprint density at radius 3 is 2.67 bits per heavy atom. The van der Waals surface area contributed by atoms with E-state index >= 15 is 0 Å². The lowest BCUT2D eigenvalue weighted by atomic mass is 10.1. The van der Waals surface area contributed by atoms with Gasteiger partial charge in [0.05, 0.1) is 29.1 Å². The van der Waals surface area contributed by atoms with Crippen LogP contribution in [0.3, 0.4) is 0 Å². The highest BCUT2D eigenvalue weighted by Crippen LogP contribution is 2.31. The molecule has 2 rings (SSSR count). The van der Waals surface area contributed by atoms with Crippen LogP contribution in [0.5, 0.6) is 0 Å². The molecule has 0 saturated carbocycles. The molecule has 7 heteroatoms. The summed E-state index contributed by atoms with van der Waals surface area (Å²) in [6.07, 6.45) is 0. The third-order valence-corrected chi connectivity index (χ3v) is 3.55. The number of hydrogen-bond donors (Lipinski definition) is 2. The minimum Gasteiger partial charge on any atom is -0.465 e. The van der Waals surface area contributed by atoms with Gasteiger partial charge in [-0.25, -0.2) is 9.18 Å². The number of hydrogen-bond acceptors (Lipinski definition) is 4. The number of carbonyl (C=O) groups is 1. The third-order valence-electron chi connectivity index (χ3n) is 2.74. The van der Waals surface area contributed by atoms with E-state index in [0.29, 0.717) is 10.7 Å². The molecule has 0 fully saturated rings. The van der Waals surface area contributed by atoms with Gasteiger partial charge in [0.25, 0.3) is 0 Å². The number of anilines is 3. The van der Waals surface area contributed by atoms with Crippen LogP contribution in [0.25, 0.3) is 0 Å². The number of ether oxygens (including phenoxy) is 1. The van der Waals surface area contributed by atoms with Gasteiger partial charge in [-0.05, 0) is 30.3 Å². The van der Waals surface area contributed by atoms with E-state index in [2.05, 4.69) is 26.0 Å². The summed E-state index contributed by atoms with van der Waals surface area (Å²) in [6.45, 7) is 0. The first-order valence-electron chi connectivity index (χ1n) is 5.81. The Bertz CT molecular complexity index is 710. The lowest BCUT2D eigenvalue weighted by Crippen LogP contribution is -2.07. The summed E-state index contributed by atoms with van der Waals surface area (Å²) >= 11 is 9.34. The van der Waals surface area contributed by atoms with Crippen LogP contribution in [0.4, 0.5) is 21.5 Å². The maximum absolute atomic E-state index is 13.9. The first-order valence-corrected chi connectivity index (χ1v) is 6.99. The van der Waals surface area contributed by atoms with E-state index < -0.39 is 11.8 Å². The van der Waals surface area contributed by atoms with Crippen LogP contribution in [-0.4, -0.2) is 13.1 Å². The van der Waals surface area contributed by atoms with Gasteiger partial charge >= 0.3 is 5.97 Å². The van der Waals surface area contributed by atoms with E-state index in [1.54, 1.807) is 18.2 Å². The van der Waals surface area contributed by atoms with E-state index in [1.165, 1.54) is 13.2 Å². The molecule has 3 N–H and O–H groups in total. The van der Waals surface area contributed by atoms with Crippen LogP contribution in [-0.2, 0) is 4.74 Å². The van der Waals surface area contributed by atoms with Crippen molar-refractivity contribution in [3.8, 4) is 0 Å². The van der Waals surface area contributed by atoms with Gasteiger partial charge in [-0.1, -0.05) is 27.5 Å². The number of esters is 1. The standard InChI is InChI=1S/C14H11BrClFN2O2/c1-21-14(20)8-5-13(10(17)6-11(8)18)19-12-3-2-7(15)4-9(12)16/h2-6,19H,18H2,1H3. The molecule has 0 aliphatic heterocycles. The second-order valence-electron chi connectivity index (χ2n) is 4.16. The highest BCUT2D eigenvalue weighted by molar-refractivity contribution is 9.10. The zero-order valence-corrected chi connectivity index (χ0v) is 13.3. The molecule has 4 nitrogen and oxygen atoms in total. The highest BCUT2D eigenvalue weighted by atomic mass is 79.9. The quantitative estimate of drug-likeness (QED) is 0.620. The van der Waals surface area contributed by atoms with Gasteiger partial charge in [0.1, 0.15) is 5.82 Å². The van der Waals surface area contributed by atoms with Crippen molar-refractivity contribution in [1.82, 2.24) is 0 Å². The maximum Gasteiger partial charge on any atom is 0.340 e. The van der Waals surface area contributed by atoms with Crippen LogP contribution in [0.15, 0.2) is 34.8 Å². The number of carbonyl (C=O) groups excluding carboxylic acids is 1. The van der Waals surface area contributed by atoms with E-state index in [0.717, 1.165) is 10.5 Å². The molecule has 0 aliphatic carbocycles. The second kappa shape index (κ2) is 6.32. The summed E-state index contributed by atoms with van der Waals surface area (Å²) in [5.74, 6) is -1.24. The monoisotopic (exact) mass is 372 g/mol. The second-order valence-corrected chi connectivity index (χ2v) is 5.48. The number of halogens is 3. The van der Waals surface area contributed by atoms with Crippen LogP contribution >= 0.6 is 27.5 Å².